The average Bonchev–Trinajstić information content (AvgIpc) is 2.59. The van der Waals surface area contributed by atoms with Gasteiger partial charge in [0.1, 0.15) is 12.2 Å². The van der Waals surface area contributed by atoms with Gasteiger partial charge in [-0.25, -0.2) is 4.79 Å². The Labute approximate surface area is 165 Å². The van der Waals surface area contributed by atoms with Gasteiger partial charge in [-0.15, -0.1) is 0 Å². The number of esters is 3. The number of nitrogens with one attached hydrogen (secondary N) is 1. The van der Waals surface area contributed by atoms with Gasteiger partial charge in [-0.1, -0.05) is 13.8 Å². The summed E-state index contributed by atoms with van der Waals surface area (Å²) in [6.07, 6.45) is -1.59. The summed E-state index contributed by atoms with van der Waals surface area (Å²) in [5, 5.41) is 2.76. The molecule has 160 valence electrons. The van der Waals surface area contributed by atoms with E-state index in [0.29, 0.717) is 6.42 Å². The van der Waals surface area contributed by atoms with Crippen LogP contribution in [0.1, 0.15) is 54.4 Å². The monoisotopic (exact) mass is 401 g/mol. The lowest BCUT2D eigenvalue weighted by molar-refractivity contribution is -0.221. The summed E-state index contributed by atoms with van der Waals surface area (Å²) in [6, 6.07) is -0.723. The quantitative estimate of drug-likeness (QED) is 0.498. The Morgan fingerprint density at radius 3 is 2.21 bits per heavy atom. The third-order valence-electron chi connectivity index (χ3n) is 4.87. The lowest BCUT2D eigenvalue weighted by atomic mass is 9.80. The van der Waals surface area contributed by atoms with Gasteiger partial charge in [0, 0.05) is 33.1 Å². The van der Waals surface area contributed by atoms with Crippen molar-refractivity contribution in [1.29, 1.82) is 0 Å². The highest BCUT2D eigenvalue weighted by atomic mass is 16.6. The van der Waals surface area contributed by atoms with Gasteiger partial charge in [-0.05, 0) is 13.3 Å². The second-order valence-corrected chi connectivity index (χ2v) is 7.30. The molecule has 28 heavy (non-hydrogen) atoms. The van der Waals surface area contributed by atoms with Crippen LogP contribution in [0.5, 0.6) is 0 Å². The van der Waals surface area contributed by atoms with Crippen LogP contribution >= 0.6 is 0 Å². The zero-order valence-electron chi connectivity index (χ0n) is 17.6. The summed E-state index contributed by atoms with van der Waals surface area (Å²) < 4.78 is 21.8. The second-order valence-electron chi connectivity index (χ2n) is 7.30. The van der Waals surface area contributed by atoms with E-state index in [4.69, 9.17) is 18.9 Å². The van der Waals surface area contributed by atoms with Crippen LogP contribution in [-0.2, 0) is 38.1 Å². The molecule has 1 saturated heterocycles. The fourth-order valence-electron chi connectivity index (χ4n) is 3.65. The molecule has 0 aliphatic carbocycles. The Bertz CT molecular complexity index is 607. The fourth-order valence-corrected chi connectivity index (χ4v) is 3.65. The Morgan fingerprint density at radius 1 is 1.18 bits per heavy atom. The lowest BCUT2D eigenvalue weighted by Crippen LogP contribution is -2.65. The molecule has 0 bridgehead atoms. The molecule has 0 aromatic rings. The van der Waals surface area contributed by atoms with E-state index in [9.17, 15) is 19.2 Å². The van der Waals surface area contributed by atoms with Crippen molar-refractivity contribution in [2.45, 2.75) is 84.3 Å². The number of hydrogen-bond donors (Lipinski definition) is 1. The molecule has 0 saturated carbocycles. The van der Waals surface area contributed by atoms with Gasteiger partial charge in [0.05, 0.1) is 19.3 Å². The Hall–Kier alpha value is -2.16. The maximum absolute atomic E-state index is 12.4. The van der Waals surface area contributed by atoms with E-state index in [1.54, 1.807) is 13.8 Å². The Morgan fingerprint density at radius 2 is 1.79 bits per heavy atom. The minimum atomic E-state index is -1.39. The van der Waals surface area contributed by atoms with E-state index in [1.165, 1.54) is 27.9 Å². The van der Waals surface area contributed by atoms with Gasteiger partial charge in [0.15, 0.2) is 5.60 Å². The summed E-state index contributed by atoms with van der Waals surface area (Å²) >= 11 is 0. The first-order chi connectivity index (χ1) is 12.9. The molecule has 1 aliphatic rings. The van der Waals surface area contributed by atoms with Gasteiger partial charge >= 0.3 is 17.9 Å². The van der Waals surface area contributed by atoms with Crippen molar-refractivity contribution in [3.63, 3.8) is 0 Å². The molecule has 6 atom stereocenters. The maximum Gasteiger partial charge on any atom is 0.338 e. The third-order valence-corrected chi connectivity index (χ3v) is 4.87. The largest absolute Gasteiger partial charge is 0.467 e. The molecule has 1 amide bonds. The molecule has 1 aliphatic heterocycles. The zero-order valence-corrected chi connectivity index (χ0v) is 17.6. The first-order valence-electron chi connectivity index (χ1n) is 9.32. The SMILES string of the molecule is CC[C@@H](OC(C)=O)[C@@H](C)C1O[C@](C)(C(=O)OC)C[C@@H](OC(C)=O)[C@H]1NC(C)=O. The van der Waals surface area contributed by atoms with Crippen LogP contribution in [0, 0.1) is 5.92 Å². The van der Waals surface area contributed by atoms with Crippen LogP contribution in [0.3, 0.4) is 0 Å². The summed E-state index contributed by atoms with van der Waals surface area (Å²) in [6.45, 7) is 9.09. The first-order valence-corrected chi connectivity index (χ1v) is 9.32. The molecule has 1 N–H and O–H groups in total. The molecular formula is C19H31NO8. The number of hydrogen-bond acceptors (Lipinski definition) is 8. The van der Waals surface area contributed by atoms with E-state index in [0.717, 1.165) is 0 Å². The highest BCUT2D eigenvalue weighted by Crippen LogP contribution is 2.37. The van der Waals surface area contributed by atoms with Gasteiger partial charge in [-0.2, -0.15) is 0 Å². The predicted molar refractivity (Wildman–Crippen MR) is 98.1 cm³/mol. The lowest BCUT2D eigenvalue weighted by Gasteiger charge is -2.48. The molecular weight excluding hydrogens is 370 g/mol. The third kappa shape index (κ3) is 5.92. The zero-order chi connectivity index (χ0) is 21.6. The van der Waals surface area contributed by atoms with Crippen LogP contribution in [-0.4, -0.2) is 60.9 Å². The summed E-state index contributed by atoms with van der Waals surface area (Å²) in [7, 11) is 1.24. The van der Waals surface area contributed by atoms with Crippen molar-refractivity contribution in [3.8, 4) is 0 Å². The van der Waals surface area contributed by atoms with E-state index in [2.05, 4.69) is 5.32 Å². The fraction of sp³-hybridized carbons (Fsp3) is 0.789. The predicted octanol–water partition coefficient (Wildman–Crippen LogP) is 1.12. The molecule has 0 aromatic heterocycles. The van der Waals surface area contributed by atoms with Crippen molar-refractivity contribution in [1.82, 2.24) is 5.32 Å². The van der Waals surface area contributed by atoms with Crippen LogP contribution in [0.2, 0.25) is 0 Å². The Kier molecular flexibility index (Phi) is 8.41. The van der Waals surface area contributed by atoms with Crippen LogP contribution in [0.4, 0.5) is 0 Å². The van der Waals surface area contributed by atoms with Crippen LogP contribution in [0.25, 0.3) is 0 Å². The molecule has 0 spiro atoms. The standard InChI is InChI=1S/C19H31NO8/c1-8-14(26-12(4)22)10(2)17-16(20-11(3)21)15(27-13(5)23)9-19(6,28-17)18(24)25-7/h10,14-17H,8-9H2,1-7H3,(H,20,21)/t10-,14-,15-,16-,17?,19+/m1/s1. The molecule has 1 heterocycles. The minimum absolute atomic E-state index is 0.0117. The van der Waals surface area contributed by atoms with Crippen molar-refractivity contribution < 1.29 is 38.1 Å². The minimum Gasteiger partial charge on any atom is -0.467 e. The number of amides is 1. The van der Waals surface area contributed by atoms with Gasteiger partial charge < -0.3 is 24.3 Å². The summed E-state index contributed by atoms with van der Waals surface area (Å²) in [4.78, 5) is 47.3. The number of carbonyl (C=O) groups is 4. The number of rotatable bonds is 7. The topological polar surface area (TPSA) is 117 Å². The smallest absolute Gasteiger partial charge is 0.338 e. The van der Waals surface area contributed by atoms with E-state index >= 15 is 0 Å². The van der Waals surface area contributed by atoms with Crippen LogP contribution < -0.4 is 5.32 Å². The normalized spacial score (nSPS) is 29.2. The molecule has 0 radical (unpaired) electrons. The van der Waals surface area contributed by atoms with E-state index in [1.807, 2.05) is 6.92 Å². The highest BCUT2D eigenvalue weighted by molar-refractivity contribution is 5.79. The van der Waals surface area contributed by atoms with Crippen LogP contribution in [0.15, 0.2) is 0 Å². The average molecular weight is 401 g/mol. The number of ether oxygens (including phenoxy) is 4. The molecule has 9 nitrogen and oxygen atoms in total. The van der Waals surface area contributed by atoms with Gasteiger partial charge in [-0.3, -0.25) is 14.4 Å². The van der Waals surface area contributed by atoms with E-state index < -0.39 is 53.8 Å². The Balaban J connectivity index is 3.35. The summed E-state index contributed by atoms with van der Waals surface area (Å²) in [5.41, 5.74) is -1.39. The number of carbonyl (C=O) groups excluding carboxylic acids is 4. The van der Waals surface area contributed by atoms with Crippen molar-refractivity contribution in [3.05, 3.63) is 0 Å². The van der Waals surface area contributed by atoms with Gasteiger partial charge in [0.2, 0.25) is 5.91 Å². The van der Waals surface area contributed by atoms with Gasteiger partial charge in [0.25, 0.3) is 0 Å². The maximum atomic E-state index is 12.4. The highest BCUT2D eigenvalue weighted by Gasteiger charge is 2.53. The van der Waals surface area contributed by atoms with Crippen molar-refractivity contribution in [2.75, 3.05) is 7.11 Å². The van der Waals surface area contributed by atoms with Crippen molar-refractivity contribution >= 4 is 23.8 Å². The molecule has 1 rings (SSSR count). The summed E-state index contributed by atoms with van der Waals surface area (Å²) in [5.74, 6) is -2.37. The molecule has 9 heteroatoms. The first kappa shape index (κ1) is 23.9. The molecule has 1 unspecified atom stereocenters. The van der Waals surface area contributed by atoms with Crippen molar-refractivity contribution in [2.24, 2.45) is 5.92 Å². The molecule has 0 aromatic carbocycles. The number of methoxy groups -OCH3 is 1. The molecule has 1 fully saturated rings. The second kappa shape index (κ2) is 9.86. The van der Waals surface area contributed by atoms with E-state index in [-0.39, 0.29) is 12.3 Å².